The summed E-state index contributed by atoms with van der Waals surface area (Å²) in [5, 5.41) is 6.05. The first-order valence-corrected chi connectivity index (χ1v) is 6.16. The number of rotatable bonds is 8. The molecule has 0 aliphatic rings. The van der Waals surface area contributed by atoms with E-state index in [4.69, 9.17) is 4.74 Å². The lowest BCUT2D eigenvalue weighted by atomic mass is 10.5. The first-order chi connectivity index (χ1) is 8.74. The van der Waals surface area contributed by atoms with Gasteiger partial charge in [-0.2, -0.15) is 15.0 Å². The van der Waals surface area contributed by atoms with Crippen LogP contribution in [0.5, 0.6) is 0 Å². The zero-order chi connectivity index (χ0) is 13.4. The molecule has 0 unspecified atom stereocenters. The van der Waals surface area contributed by atoms with Gasteiger partial charge in [0.1, 0.15) is 0 Å². The lowest BCUT2D eigenvalue weighted by Crippen LogP contribution is -2.25. The van der Waals surface area contributed by atoms with Crippen molar-refractivity contribution in [1.82, 2.24) is 15.0 Å². The van der Waals surface area contributed by atoms with Crippen LogP contribution in [-0.4, -0.2) is 55.4 Å². The number of aromatic nitrogens is 3. The fourth-order valence-corrected chi connectivity index (χ4v) is 1.47. The lowest BCUT2D eigenvalue weighted by Gasteiger charge is -2.19. The second-order valence-electron chi connectivity index (χ2n) is 3.62. The molecule has 0 aromatic carbocycles. The Bertz CT molecular complexity index is 355. The standard InChI is InChI=1S/C11H22N6O/c1-5-17(6-2)11-15-9(12-3)14-10(16-11)13-7-8-18-4/h5-8H2,1-4H3,(H2,12,13,14,15,16). The molecule has 0 fully saturated rings. The summed E-state index contributed by atoms with van der Waals surface area (Å²) in [6.45, 7) is 7.15. The number of anilines is 3. The predicted molar refractivity (Wildman–Crippen MR) is 73.3 cm³/mol. The Labute approximate surface area is 108 Å². The van der Waals surface area contributed by atoms with Crippen LogP contribution in [0.1, 0.15) is 13.8 Å². The number of nitrogens with zero attached hydrogens (tertiary/aromatic N) is 4. The Hall–Kier alpha value is -1.63. The summed E-state index contributed by atoms with van der Waals surface area (Å²) in [6.07, 6.45) is 0. The Balaban J connectivity index is 2.86. The van der Waals surface area contributed by atoms with Crippen molar-refractivity contribution < 1.29 is 4.74 Å². The minimum absolute atomic E-state index is 0.562. The topological polar surface area (TPSA) is 75.2 Å². The van der Waals surface area contributed by atoms with Crippen LogP contribution in [0, 0.1) is 0 Å². The number of nitrogens with one attached hydrogen (secondary N) is 2. The molecule has 1 rings (SSSR count). The molecule has 0 atom stereocenters. The van der Waals surface area contributed by atoms with E-state index in [1.807, 2.05) is 0 Å². The largest absolute Gasteiger partial charge is 0.383 e. The molecule has 0 saturated heterocycles. The molecule has 1 aromatic heterocycles. The maximum absolute atomic E-state index is 4.98. The molecule has 2 N–H and O–H groups in total. The number of hydrogen-bond acceptors (Lipinski definition) is 7. The Kier molecular flexibility index (Phi) is 6.13. The van der Waals surface area contributed by atoms with Gasteiger partial charge in [0.2, 0.25) is 17.8 Å². The van der Waals surface area contributed by atoms with Crippen molar-refractivity contribution in [3.05, 3.63) is 0 Å². The van der Waals surface area contributed by atoms with Crippen molar-refractivity contribution in [2.75, 3.05) is 55.9 Å². The molecule has 18 heavy (non-hydrogen) atoms. The highest BCUT2D eigenvalue weighted by molar-refractivity contribution is 5.43. The van der Waals surface area contributed by atoms with Crippen LogP contribution in [0.3, 0.4) is 0 Å². The third kappa shape index (κ3) is 3.99. The molecule has 0 amide bonds. The molecule has 7 heteroatoms. The van der Waals surface area contributed by atoms with Crippen LogP contribution in [0.2, 0.25) is 0 Å². The van der Waals surface area contributed by atoms with Gasteiger partial charge in [-0.25, -0.2) is 0 Å². The second kappa shape index (κ2) is 7.65. The fraction of sp³-hybridized carbons (Fsp3) is 0.727. The summed E-state index contributed by atoms with van der Waals surface area (Å²) in [6, 6.07) is 0. The predicted octanol–water partition coefficient (Wildman–Crippen LogP) is 0.818. The van der Waals surface area contributed by atoms with Crippen molar-refractivity contribution in [3.63, 3.8) is 0 Å². The molecule has 0 radical (unpaired) electrons. The maximum atomic E-state index is 4.98. The van der Waals surface area contributed by atoms with Gasteiger partial charge >= 0.3 is 0 Å². The monoisotopic (exact) mass is 254 g/mol. The Morgan fingerprint density at radius 2 is 1.78 bits per heavy atom. The summed E-state index contributed by atoms with van der Waals surface area (Å²) in [4.78, 5) is 15.1. The zero-order valence-corrected chi connectivity index (χ0v) is 11.5. The van der Waals surface area contributed by atoms with Crippen molar-refractivity contribution in [1.29, 1.82) is 0 Å². The van der Waals surface area contributed by atoms with E-state index in [-0.39, 0.29) is 0 Å². The summed E-state index contributed by atoms with van der Waals surface area (Å²) >= 11 is 0. The molecule has 0 saturated carbocycles. The number of hydrogen-bond donors (Lipinski definition) is 2. The smallest absolute Gasteiger partial charge is 0.231 e. The molecule has 1 heterocycles. The fourth-order valence-electron chi connectivity index (χ4n) is 1.47. The zero-order valence-electron chi connectivity index (χ0n) is 11.5. The molecule has 0 bridgehead atoms. The third-order valence-corrected chi connectivity index (χ3v) is 2.48. The minimum atomic E-state index is 0.562. The molecule has 0 aliphatic carbocycles. The summed E-state index contributed by atoms with van der Waals surface area (Å²) < 4.78 is 4.98. The molecule has 102 valence electrons. The molecule has 0 aliphatic heterocycles. The first-order valence-electron chi connectivity index (χ1n) is 6.16. The van der Waals surface area contributed by atoms with Gasteiger partial charge in [-0.05, 0) is 13.8 Å². The van der Waals surface area contributed by atoms with Crippen LogP contribution in [0.25, 0.3) is 0 Å². The van der Waals surface area contributed by atoms with E-state index in [2.05, 4.69) is 44.3 Å². The molecular weight excluding hydrogens is 232 g/mol. The van der Waals surface area contributed by atoms with Gasteiger partial charge in [0, 0.05) is 33.8 Å². The summed E-state index contributed by atoms with van der Waals surface area (Å²) in [7, 11) is 3.45. The first kappa shape index (κ1) is 14.4. The normalized spacial score (nSPS) is 10.2. The maximum Gasteiger partial charge on any atom is 0.231 e. The van der Waals surface area contributed by atoms with Gasteiger partial charge in [0.05, 0.1) is 6.61 Å². The van der Waals surface area contributed by atoms with E-state index in [1.165, 1.54) is 0 Å². The quantitative estimate of drug-likeness (QED) is 0.665. The average Bonchev–Trinajstić information content (AvgIpc) is 2.40. The van der Waals surface area contributed by atoms with E-state index in [9.17, 15) is 0 Å². The third-order valence-electron chi connectivity index (χ3n) is 2.48. The van der Waals surface area contributed by atoms with Crippen LogP contribution in [0.15, 0.2) is 0 Å². The number of methoxy groups -OCH3 is 1. The van der Waals surface area contributed by atoms with Crippen molar-refractivity contribution in [3.8, 4) is 0 Å². The van der Waals surface area contributed by atoms with Crippen LogP contribution < -0.4 is 15.5 Å². The van der Waals surface area contributed by atoms with Crippen LogP contribution in [0.4, 0.5) is 17.8 Å². The van der Waals surface area contributed by atoms with Crippen LogP contribution >= 0.6 is 0 Å². The van der Waals surface area contributed by atoms with Gasteiger partial charge < -0.3 is 20.3 Å². The van der Waals surface area contributed by atoms with E-state index in [0.717, 1.165) is 13.1 Å². The van der Waals surface area contributed by atoms with Gasteiger partial charge in [-0.3, -0.25) is 0 Å². The van der Waals surface area contributed by atoms with E-state index in [0.29, 0.717) is 31.0 Å². The van der Waals surface area contributed by atoms with E-state index >= 15 is 0 Å². The summed E-state index contributed by atoms with van der Waals surface area (Å²) in [5.41, 5.74) is 0. The van der Waals surface area contributed by atoms with Crippen molar-refractivity contribution in [2.24, 2.45) is 0 Å². The van der Waals surface area contributed by atoms with Gasteiger partial charge in [0.25, 0.3) is 0 Å². The van der Waals surface area contributed by atoms with E-state index in [1.54, 1.807) is 14.2 Å². The van der Waals surface area contributed by atoms with E-state index < -0.39 is 0 Å². The molecule has 1 aromatic rings. The minimum Gasteiger partial charge on any atom is -0.383 e. The van der Waals surface area contributed by atoms with Crippen molar-refractivity contribution >= 4 is 17.8 Å². The Morgan fingerprint density at radius 3 is 2.33 bits per heavy atom. The van der Waals surface area contributed by atoms with Gasteiger partial charge in [-0.1, -0.05) is 0 Å². The highest BCUT2D eigenvalue weighted by Gasteiger charge is 2.09. The average molecular weight is 254 g/mol. The Morgan fingerprint density at radius 1 is 1.11 bits per heavy atom. The molecular formula is C11H22N6O. The number of ether oxygens (including phenoxy) is 1. The van der Waals surface area contributed by atoms with Gasteiger partial charge in [0.15, 0.2) is 0 Å². The lowest BCUT2D eigenvalue weighted by molar-refractivity contribution is 0.210. The van der Waals surface area contributed by atoms with Gasteiger partial charge in [-0.15, -0.1) is 0 Å². The SMILES string of the molecule is CCN(CC)c1nc(NC)nc(NCCOC)n1. The highest BCUT2D eigenvalue weighted by atomic mass is 16.5. The summed E-state index contributed by atoms with van der Waals surface area (Å²) in [5.74, 6) is 1.80. The van der Waals surface area contributed by atoms with Crippen molar-refractivity contribution in [2.45, 2.75) is 13.8 Å². The molecule has 7 nitrogen and oxygen atoms in total. The second-order valence-corrected chi connectivity index (χ2v) is 3.62. The molecule has 0 spiro atoms. The highest BCUT2D eigenvalue weighted by Crippen LogP contribution is 2.12. The van der Waals surface area contributed by atoms with Crippen LogP contribution in [-0.2, 0) is 4.74 Å².